The number of amides is 6. The van der Waals surface area contributed by atoms with Crippen molar-refractivity contribution in [2.75, 3.05) is 52.9 Å². The molecule has 0 aromatic carbocycles. The van der Waals surface area contributed by atoms with Gasteiger partial charge in [-0.05, 0) is 285 Å². The molecule has 0 aliphatic carbocycles. The number of rotatable bonds is 22. The molecule has 6 amide bonds. The first-order valence-corrected chi connectivity index (χ1v) is 43.7. The Morgan fingerprint density at radius 1 is 0.460 bits per heavy atom. The maximum Gasteiger partial charge on any atom is 0.325 e. The van der Waals surface area contributed by atoms with Gasteiger partial charge in [0.15, 0.2) is 12.3 Å². The van der Waals surface area contributed by atoms with Gasteiger partial charge in [0.05, 0.1) is 32.8 Å². The summed E-state index contributed by atoms with van der Waals surface area (Å²) < 4.78 is 11.6. The number of aliphatic hydroxyl groups excluding tert-OH is 1. The van der Waals surface area contributed by atoms with Crippen molar-refractivity contribution >= 4 is 36.8 Å². The lowest BCUT2D eigenvalue weighted by Gasteiger charge is -2.54. The van der Waals surface area contributed by atoms with Gasteiger partial charge in [0, 0.05) is 136 Å². The number of ether oxygens (including phenoxy) is 2. The molecule has 24 heteroatoms. The quantitative estimate of drug-likeness (QED) is 0.0335. The fraction of sp³-hybridized carbons (Fsp3) is 0.933. The van der Waals surface area contributed by atoms with Crippen LogP contribution >= 0.6 is 0 Å². The normalized spacial score (nSPS) is 27.0. The van der Waals surface area contributed by atoms with Gasteiger partial charge in [0.1, 0.15) is 12.7 Å². The van der Waals surface area contributed by atoms with Gasteiger partial charge in [0.2, 0.25) is 12.8 Å². The highest BCUT2D eigenvalue weighted by atomic mass is 16.5. The summed E-state index contributed by atoms with van der Waals surface area (Å²) in [7, 11) is 0. The Kier molecular flexibility index (Phi) is 30.1. The van der Waals surface area contributed by atoms with E-state index in [9.17, 15) is 39.1 Å². The molecule has 0 saturated carbocycles. The molecule has 10 fully saturated rings. The number of aliphatic hydroxyl groups is 1. The van der Waals surface area contributed by atoms with E-state index in [0.717, 1.165) is 122 Å². The van der Waals surface area contributed by atoms with Gasteiger partial charge in [-0.3, -0.25) is 53.5 Å². The number of piperidine rings is 6. The Balaban J connectivity index is 0.000000219. The zero-order chi connectivity index (χ0) is 85.6. The molecule has 0 radical (unpaired) electrons. The van der Waals surface area contributed by atoms with Crippen molar-refractivity contribution in [3.8, 4) is 0 Å². The third-order valence-electron chi connectivity index (χ3n) is 25.5. The number of nitrogens with one attached hydrogen (secondary N) is 4. The topological polar surface area (TPSA) is 242 Å². The molecule has 10 saturated heterocycles. The zero-order valence-corrected chi connectivity index (χ0v) is 77.7. The number of hydrogen-bond acceptors (Lipinski definition) is 18. The van der Waals surface area contributed by atoms with Crippen LogP contribution in [0.4, 0.5) is 9.59 Å². The Morgan fingerprint density at radius 3 is 1.06 bits per heavy atom. The summed E-state index contributed by atoms with van der Waals surface area (Å²) >= 11 is 0. The Bertz CT molecular complexity index is 2950. The molecule has 654 valence electrons. The highest BCUT2D eigenvalue weighted by molar-refractivity contribution is 5.86. The van der Waals surface area contributed by atoms with Gasteiger partial charge < -0.3 is 50.9 Å². The van der Waals surface area contributed by atoms with E-state index < -0.39 is 0 Å². The average Bonchev–Trinajstić information content (AvgIpc) is 1.54. The third-order valence-corrected chi connectivity index (χ3v) is 25.5. The van der Waals surface area contributed by atoms with Crippen LogP contribution in [-0.2, 0) is 28.7 Å². The third kappa shape index (κ3) is 27.0. The first-order chi connectivity index (χ1) is 51.2. The molecule has 10 heterocycles. The van der Waals surface area contributed by atoms with E-state index in [1.807, 2.05) is 57.1 Å². The van der Waals surface area contributed by atoms with Crippen LogP contribution in [0.1, 0.15) is 344 Å². The first kappa shape index (κ1) is 96.2. The summed E-state index contributed by atoms with van der Waals surface area (Å²) in [6.45, 7) is 74.9. The minimum absolute atomic E-state index is 0.0102. The predicted molar refractivity (Wildman–Crippen MR) is 453 cm³/mol. The van der Waals surface area contributed by atoms with Gasteiger partial charge in [-0.25, -0.2) is 9.59 Å². The first-order valence-electron chi connectivity index (χ1n) is 43.7. The molecule has 2 atom stereocenters. The largest absolute Gasteiger partial charge is 0.464 e. The smallest absolute Gasteiger partial charge is 0.325 e. The van der Waals surface area contributed by atoms with Gasteiger partial charge >= 0.3 is 24.0 Å². The standard InChI is InChI=1S/C29H55NO4.C26H46N8O2.C25H48N4O2.C9H19NO2/c1-21(17-26(3,4)5)15-24(31)33-14-13-30-28(9,10)19-23(20-29(30,11)12)34-25(32)16-22(2)18-27(6,7)8;1-23(2)9-17(10-24(3,4)27-23)29-13-31-19-20-33(21(31)35)15-30(16-34(20)22(36)32(19)14-29)18-11-25(5,6)28-26(7,8)12-18;1-22(2)14-20(15-23(3,4)26-22)28(18-30)12-10-9-11-13-29(19-31)21-16-24(5,6)27-25(7,8)17-21;1-8(2)5-7(11)6-9(3,4)10(8)12/h21-23H,13-20H2,1-12H3;17-20,27-28H,9-16H2,1-8H3;18-21,26-27H,9-17H2,1-8H3;7,11-12H,5-6H2,1-4H3. The highest BCUT2D eigenvalue weighted by Crippen LogP contribution is 2.46. The van der Waals surface area contributed by atoms with Crippen molar-refractivity contribution in [3.05, 3.63) is 0 Å². The number of hydroxylamine groups is 2. The van der Waals surface area contributed by atoms with Crippen LogP contribution in [0.25, 0.3) is 0 Å². The molecule has 0 spiro atoms. The van der Waals surface area contributed by atoms with Crippen LogP contribution in [0, 0.1) is 22.7 Å². The predicted octanol–water partition coefficient (Wildman–Crippen LogP) is 14.3. The molecule has 10 rings (SSSR count). The van der Waals surface area contributed by atoms with Crippen molar-refractivity contribution in [1.29, 1.82) is 0 Å². The molecule has 6 N–H and O–H groups in total. The lowest BCUT2D eigenvalue weighted by molar-refractivity contribution is -0.257. The fourth-order valence-corrected chi connectivity index (χ4v) is 23.6. The molecular formula is C89H168N14O10. The van der Waals surface area contributed by atoms with Crippen molar-refractivity contribution < 1.29 is 48.6 Å². The summed E-state index contributed by atoms with van der Waals surface area (Å²) in [5.41, 5.74) is -0.339. The van der Waals surface area contributed by atoms with Crippen LogP contribution in [0.3, 0.4) is 0 Å². The second-order valence-electron chi connectivity index (χ2n) is 47.2. The van der Waals surface area contributed by atoms with E-state index in [0.29, 0.717) is 89.4 Å². The van der Waals surface area contributed by atoms with Crippen molar-refractivity contribution in [3.63, 3.8) is 0 Å². The minimum Gasteiger partial charge on any atom is -0.464 e. The molecule has 0 bridgehead atoms. The average molecular weight is 1590 g/mol. The Morgan fingerprint density at radius 2 is 0.761 bits per heavy atom. The van der Waals surface area contributed by atoms with Crippen LogP contribution in [0.15, 0.2) is 0 Å². The van der Waals surface area contributed by atoms with E-state index >= 15 is 0 Å². The van der Waals surface area contributed by atoms with E-state index in [1.54, 1.807) is 0 Å². The fourth-order valence-electron chi connectivity index (χ4n) is 23.6. The minimum atomic E-state index is -0.318. The van der Waals surface area contributed by atoms with Crippen molar-refractivity contribution in [2.24, 2.45) is 22.7 Å². The van der Waals surface area contributed by atoms with Gasteiger partial charge in [-0.15, -0.1) is 0 Å². The number of unbranched alkanes of at least 4 members (excludes halogenated alkanes) is 2. The summed E-state index contributed by atoms with van der Waals surface area (Å²) in [6.07, 6.45) is 18.1. The number of urea groups is 2. The summed E-state index contributed by atoms with van der Waals surface area (Å²) in [4.78, 5) is 95.3. The lowest BCUT2D eigenvalue weighted by Crippen LogP contribution is -2.68. The molecule has 2 unspecified atom stereocenters. The van der Waals surface area contributed by atoms with Crippen molar-refractivity contribution in [1.82, 2.24) is 70.4 Å². The van der Waals surface area contributed by atoms with Crippen LogP contribution in [0.2, 0.25) is 0 Å². The Labute approximate surface area is 686 Å². The second kappa shape index (κ2) is 35.4. The van der Waals surface area contributed by atoms with E-state index in [2.05, 4.69) is 230 Å². The molecule has 113 heavy (non-hydrogen) atoms. The number of esters is 2. The molecule has 10 aliphatic rings. The Hall–Kier alpha value is -3.98. The number of hydrogen-bond donors (Lipinski definition) is 6. The number of carbonyl (C=O) groups is 6. The molecule has 10 aliphatic heterocycles. The van der Waals surface area contributed by atoms with E-state index in [4.69, 9.17) is 9.47 Å². The van der Waals surface area contributed by atoms with E-state index in [1.165, 1.54) is 5.06 Å². The van der Waals surface area contributed by atoms with Gasteiger partial charge in [-0.2, -0.15) is 5.06 Å². The molecule has 0 aromatic heterocycles. The zero-order valence-electron chi connectivity index (χ0n) is 77.7. The molecule has 0 aromatic rings. The van der Waals surface area contributed by atoms with Gasteiger partial charge in [0.25, 0.3) is 0 Å². The van der Waals surface area contributed by atoms with Crippen LogP contribution in [0.5, 0.6) is 0 Å². The van der Waals surface area contributed by atoms with Crippen LogP contribution < -0.4 is 21.3 Å². The number of carbonyl (C=O) groups excluding carboxylic acids is 6. The SMILES string of the molecule is CC(CC(=O)OCCN1C(C)(C)CC(OC(=O)CC(C)CC(C)(C)C)CC1(C)C)CC(C)(C)C.CC1(C)CC(N(C=O)CCCCCN(C=O)C2CC(C)(C)NC(C)(C)C2)CC(C)(C)N1.CC1(C)CC(N2CN3C(=O)N4CN(C5CC(C)(C)NC(C)(C)C5)CN5C(=O)N(C2)C3C45)CC(C)(C)N1.CC1(C)CC(O)CC(C)(C)N1O. The maximum absolute atomic E-state index is 13.8. The second-order valence-corrected chi connectivity index (χ2v) is 47.2. The van der Waals surface area contributed by atoms with Crippen LogP contribution in [-0.4, -0.2) is 264 Å². The maximum atomic E-state index is 13.8. The highest BCUT2D eigenvalue weighted by Gasteiger charge is 2.65. The summed E-state index contributed by atoms with van der Waals surface area (Å²) in [6, 6.07) is 1.35. The summed E-state index contributed by atoms with van der Waals surface area (Å²) in [5, 5.41) is 35.6. The summed E-state index contributed by atoms with van der Waals surface area (Å²) in [5.74, 6) is 0.437. The van der Waals surface area contributed by atoms with E-state index in [-0.39, 0.29) is 138 Å². The number of nitrogens with zero attached hydrogens (tertiary/aromatic N) is 10. The van der Waals surface area contributed by atoms with Gasteiger partial charge in [-0.1, -0.05) is 55.4 Å². The molecule has 24 nitrogen and oxygen atoms in total. The molecular weight excluding hydrogens is 1430 g/mol. The monoisotopic (exact) mass is 1590 g/mol. The number of likely N-dealkylation sites (tertiary alicyclic amines) is 1. The van der Waals surface area contributed by atoms with Crippen molar-refractivity contribution in [2.45, 2.75) is 459 Å². The lowest BCUT2D eigenvalue weighted by atomic mass is 9.78.